The van der Waals surface area contributed by atoms with E-state index in [1.807, 2.05) is 41.5 Å². The van der Waals surface area contributed by atoms with Gasteiger partial charge in [-0.05, 0) is 37.0 Å². The third-order valence-corrected chi connectivity index (χ3v) is 5.86. The van der Waals surface area contributed by atoms with Crippen LogP contribution in [0, 0.1) is 0 Å². The molecule has 1 atom stereocenters. The lowest BCUT2D eigenvalue weighted by atomic mass is 10.1. The maximum absolute atomic E-state index is 4.54. The summed E-state index contributed by atoms with van der Waals surface area (Å²) in [5.74, 6) is 0. The predicted octanol–water partition coefficient (Wildman–Crippen LogP) is 3.76. The average molecular weight is 305 g/mol. The molecular weight excluding hydrogens is 286 g/mol. The Morgan fingerprint density at radius 3 is 2.85 bits per heavy atom. The van der Waals surface area contributed by atoms with Gasteiger partial charge < -0.3 is 5.32 Å². The first-order valence-electron chi connectivity index (χ1n) is 6.87. The molecule has 1 unspecified atom stereocenters. The minimum atomic E-state index is 0.361. The summed E-state index contributed by atoms with van der Waals surface area (Å²) < 4.78 is 4.80. The molecule has 0 saturated carbocycles. The summed E-state index contributed by atoms with van der Waals surface area (Å²) in [6, 6.07) is 7.11. The molecule has 1 N–H and O–H groups in total. The quantitative estimate of drug-likeness (QED) is 0.778. The molecule has 0 amide bonds. The summed E-state index contributed by atoms with van der Waals surface area (Å²) in [4.78, 5) is 1.41. The Labute approximate surface area is 127 Å². The smallest absolute Gasteiger partial charge is 0.0624 e. The molecule has 0 bridgehead atoms. The van der Waals surface area contributed by atoms with E-state index < -0.39 is 0 Å². The summed E-state index contributed by atoms with van der Waals surface area (Å²) >= 11 is 3.71. The van der Waals surface area contributed by atoms with Gasteiger partial charge >= 0.3 is 0 Å². The van der Waals surface area contributed by atoms with E-state index in [4.69, 9.17) is 0 Å². The molecular formula is C15H19N3S2. The molecule has 0 aliphatic carbocycles. The molecule has 0 aromatic carbocycles. The van der Waals surface area contributed by atoms with Crippen LogP contribution in [0.1, 0.15) is 29.2 Å². The van der Waals surface area contributed by atoms with Crippen LogP contribution in [0.25, 0.3) is 9.40 Å². The Balaban J connectivity index is 1.86. The number of rotatable bonds is 5. The van der Waals surface area contributed by atoms with E-state index in [0.29, 0.717) is 6.04 Å². The second kappa shape index (κ2) is 5.68. The number of aromatic nitrogens is 2. The van der Waals surface area contributed by atoms with Crippen LogP contribution in [0.3, 0.4) is 0 Å². The van der Waals surface area contributed by atoms with Crippen molar-refractivity contribution in [2.45, 2.75) is 25.8 Å². The van der Waals surface area contributed by atoms with Crippen molar-refractivity contribution in [3.05, 3.63) is 39.8 Å². The molecule has 3 aromatic rings. The first-order chi connectivity index (χ1) is 9.71. The number of hydrogen-bond acceptors (Lipinski definition) is 4. The highest BCUT2D eigenvalue weighted by atomic mass is 32.1. The molecule has 0 aliphatic rings. The summed E-state index contributed by atoms with van der Waals surface area (Å²) in [6.07, 6.45) is 1.97. The highest BCUT2D eigenvalue weighted by Gasteiger charge is 2.16. The zero-order chi connectivity index (χ0) is 14.1. The van der Waals surface area contributed by atoms with Crippen molar-refractivity contribution in [2.24, 2.45) is 7.05 Å². The van der Waals surface area contributed by atoms with Gasteiger partial charge in [-0.25, -0.2) is 0 Å². The summed E-state index contributed by atoms with van der Waals surface area (Å²) in [5, 5.41) is 10.1. The van der Waals surface area contributed by atoms with Crippen LogP contribution < -0.4 is 5.32 Å². The second-order valence-corrected chi connectivity index (χ2v) is 7.01. The lowest BCUT2D eigenvalue weighted by Crippen LogP contribution is -2.19. The van der Waals surface area contributed by atoms with E-state index in [2.05, 4.69) is 40.9 Å². The van der Waals surface area contributed by atoms with E-state index in [1.54, 1.807) is 0 Å². The van der Waals surface area contributed by atoms with Crippen molar-refractivity contribution in [3.8, 4) is 0 Å². The Morgan fingerprint density at radius 2 is 2.20 bits per heavy atom. The standard InChI is InChI=1S/C15H19N3S2/c1-4-10-7-11(18(3)17-10)8-12(16-2)14-9-15-13(20-14)5-6-19-15/h5-7,9,12,16H,4,8H2,1-3H3. The van der Waals surface area contributed by atoms with Crippen molar-refractivity contribution in [1.29, 1.82) is 0 Å². The number of fused-ring (bicyclic) bond motifs is 1. The maximum Gasteiger partial charge on any atom is 0.0624 e. The van der Waals surface area contributed by atoms with Gasteiger partial charge in [0.25, 0.3) is 0 Å². The van der Waals surface area contributed by atoms with Gasteiger partial charge in [0.05, 0.1) is 5.69 Å². The fourth-order valence-corrected chi connectivity index (χ4v) is 4.68. The minimum absolute atomic E-state index is 0.361. The summed E-state index contributed by atoms with van der Waals surface area (Å²) in [5.41, 5.74) is 2.46. The lowest BCUT2D eigenvalue weighted by molar-refractivity contribution is 0.569. The van der Waals surface area contributed by atoms with Crippen molar-refractivity contribution < 1.29 is 0 Å². The van der Waals surface area contributed by atoms with E-state index >= 15 is 0 Å². The topological polar surface area (TPSA) is 29.9 Å². The van der Waals surface area contributed by atoms with E-state index in [-0.39, 0.29) is 0 Å². The van der Waals surface area contributed by atoms with Crippen molar-refractivity contribution >= 4 is 32.1 Å². The normalized spacial score (nSPS) is 13.2. The van der Waals surface area contributed by atoms with Crippen molar-refractivity contribution in [2.75, 3.05) is 7.05 Å². The third kappa shape index (κ3) is 2.53. The third-order valence-electron chi connectivity index (χ3n) is 3.65. The largest absolute Gasteiger partial charge is 0.312 e. The molecule has 106 valence electrons. The number of thiophene rings is 2. The summed E-state index contributed by atoms with van der Waals surface area (Å²) in [6.45, 7) is 2.15. The van der Waals surface area contributed by atoms with Crippen LogP contribution in [0.2, 0.25) is 0 Å². The van der Waals surface area contributed by atoms with Crippen LogP contribution in [0.4, 0.5) is 0 Å². The van der Waals surface area contributed by atoms with Crippen LogP contribution in [0.5, 0.6) is 0 Å². The molecule has 3 rings (SSSR count). The van der Waals surface area contributed by atoms with Gasteiger partial charge in [-0.3, -0.25) is 4.68 Å². The number of nitrogens with zero attached hydrogens (tertiary/aromatic N) is 2. The second-order valence-electron chi connectivity index (χ2n) is 4.95. The van der Waals surface area contributed by atoms with Gasteiger partial charge in [0, 0.05) is 39.5 Å². The molecule has 0 spiro atoms. The first kappa shape index (κ1) is 13.8. The van der Waals surface area contributed by atoms with Crippen molar-refractivity contribution in [3.63, 3.8) is 0 Å². The number of nitrogens with one attached hydrogen (secondary N) is 1. The monoisotopic (exact) mass is 305 g/mol. The maximum atomic E-state index is 4.54. The zero-order valence-electron chi connectivity index (χ0n) is 12.0. The Bertz CT molecular complexity index is 679. The molecule has 3 aromatic heterocycles. The van der Waals surface area contributed by atoms with Gasteiger partial charge in [0.2, 0.25) is 0 Å². The molecule has 20 heavy (non-hydrogen) atoms. The van der Waals surface area contributed by atoms with E-state index in [1.165, 1.54) is 25.7 Å². The van der Waals surface area contributed by atoms with Gasteiger partial charge in [-0.1, -0.05) is 6.92 Å². The van der Waals surface area contributed by atoms with E-state index in [0.717, 1.165) is 12.8 Å². The van der Waals surface area contributed by atoms with Crippen LogP contribution in [0.15, 0.2) is 23.6 Å². The van der Waals surface area contributed by atoms with Crippen LogP contribution in [-0.2, 0) is 19.9 Å². The highest BCUT2D eigenvalue weighted by Crippen LogP contribution is 2.34. The Kier molecular flexibility index (Phi) is 3.92. The first-order valence-corrected chi connectivity index (χ1v) is 8.57. The number of aryl methyl sites for hydroxylation is 2. The molecule has 0 saturated heterocycles. The molecule has 3 nitrogen and oxygen atoms in total. The SMILES string of the molecule is CCc1cc(CC(NC)c2cc3sccc3s2)n(C)n1. The van der Waals surface area contributed by atoms with Gasteiger partial charge in [0.1, 0.15) is 0 Å². The number of likely N-dealkylation sites (N-methyl/N-ethyl adjacent to an activating group) is 1. The van der Waals surface area contributed by atoms with Gasteiger partial charge in [0.15, 0.2) is 0 Å². The molecule has 0 aliphatic heterocycles. The van der Waals surface area contributed by atoms with Gasteiger partial charge in [-0.15, -0.1) is 22.7 Å². The fraction of sp³-hybridized carbons (Fsp3) is 0.400. The Morgan fingerprint density at radius 1 is 1.35 bits per heavy atom. The van der Waals surface area contributed by atoms with Crippen molar-refractivity contribution in [1.82, 2.24) is 15.1 Å². The fourth-order valence-electron chi connectivity index (χ4n) is 2.45. The summed E-state index contributed by atoms with van der Waals surface area (Å²) in [7, 11) is 4.07. The molecule has 5 heteroatoms. The molecule has 0 fully saturated rings. The van der Waals surface area contributed by atoms with Crippen LogP contribution >= 0.6 is 22.7 Å². The molecule has 3 heterocycles. The van der Waals surface area contributed by atoms with E-state index in [9.17, 15) is 0 Å². The lowest BCUT2D eigenvalue weighted by Gasteiger charge is -2.14. The van der Waals surface area contributed by atoms with Gasteiger partial charge in [-0.2, -0.15) is 5.10 Å². The minimum Gasteiger partial charge on any atom is -0.312 e. The average Bonchev–Trinajstić information content (AvgIpc) is 3.10. The Hall–Kier alpha value is -1.17. The predicted molar refractivity (Wildman–Crippen MR) is 87.8 cm³/mol. The highest BCUT2D eigenvalue weighted by molar-refractivity contribution is 7.26. The number of hydrogen-bond donors (Lipinski definition) is 1. The van der Waals surface area contributed by atoms with Crippen LogP contribution in [-0.4, -0.2) is 16.8 Å². The molecule has 0 radical (unpaired) electrons. The zero-order valence-corrected chi connectivity index (χ0v) is 13.6.